The van der Waals surface area contributed by atoms with E-state index in [4.69, 9.17) is 0 Å². The Morgan fingerprint density at radius 2 is 2.11 bits per heavy atom. The fraction of sp³-hybridized carbons (Fsp3) is 0.500. The number of imidazole rings is 1. The van der Waals surface area contributed by atoms with Crippen LogP contribution in [0.15, 0.2) is 18.5 Å². The topological polar surface area (TPSA) is 55.6 Å². The number of aromatic nitrogens is 4. The normalized spacial score (nSPS) is 11.0. The second-order valence-corrected chi connectivity index (χ2v) is 4.92. The van der Waals surface area contributed by atoms with Crippen LogP contribution in [-0.2, 0) is 13.5 Å². The van der Waals surface area contributed by atoms with Crippen LogP contribution in [0.5, 0.6) is 0 Å². The van der Waals surface area contributed by atoms with Gasteiger partial charge in [0.25, 0.3) is 0 Å². The van der Waals surface area contributed by atoms with E-state index in [2.05, 4.69) is 41.0 Å². The number of aryl methyl sites for hydroxylation is 1. The number of rotatable bonds is 5. The Morgan fingerprint density at radius 1 is 1.32 bits per heavy atom. The molecule has 0 saturated heterocycles. The molecular formula is C14H21N5. The van der Waals surface area contributed by atoms with Gasteiger partial charge >= 0.3 is 0 Å². The average molecular weight is 259 g/mol. The van der Waals surface area contributed by atoms with E-state index in [0.717, 1.165) is 36.1 Å². The Balaban J connectivity index is 2.31. The minimum absolute atomic E-state index is 0.318. The van der Waals surface area contributed by atoms with Crippen LogP contribution in [0.1, 0.15) is 44.0 Å². The summed E-state index contributed by atoms with van der Waals surface area (Å²) in [6.07, 6.45) is 4.49. The van der Waals surface area contributed by atoms with Crippen LogP contribution in [0.2, 0.25) is 0 Å². The van der Waals surface area contributed by atoms with Gasteiger partial charge in [0.1, 0.15) is 17.5 Å². The van der Waals surface area contributed by atoms with Gasteiger partial charge in [0.2, 0.25) is 0 Å². The zero-order valence-corrected chi connectivity index (χ0v) is 12.0. The first-order valence-corrected chi connectivity index (χ1v) is 6.68. The Hall–Kier alpha value is -1.91. The first-order chi connectivity index (χ1) is 9.10. The zero-order chi connectivity index (χ0) is 13.8. The maximum atomic E-state index is 4.63. The SMILES string of the molecule is CCNc1cc(Cc2nccn2C)nc(C(C)C)n1. The van der Waals surface area contributed by atoms with Crippen molar-refractivity contribution in [2.75, 3.05) is 11.9 Å². The molecule has 1 N–H and O–H groups in total. The van der Waals surface area contributed by atoms with Crippen LogP contribution >= 0.6 is 0 Å². The van der Waals surface area contributed by atoms with Gasteiger partial charge in [0.05, 0.1) is 5.69 Å². The second kappa shape index (κ2) is 5.82. The lowest BCUT2D eigenvalue weighted by Crippen LogP contribution is -2.09. The van der Waals surface area contributed by atoms with E-state index in [0.29, 0.717) is 5.92 Å². The quantitative estimate of drug-likeness (QED) is 0.895. The van der Waals surface area contributed by atoms with Crippen molar-refractivity contribution in [3.05, 3.63) is 35.8 Å². The van der Waals surface area contributed by atoms with Crippen LogP contribution in [0, 0.1) is 0 Å². The molecule has 0 aliphatic carbocycles. The maximum absolute atomic E-state index is 4.63. The van der Waals surface area contributed by atoms with E-state index in [1.54, 1.807) is 0 Å². The molecule has 19 heavy (non-hydrogen) atoms. The summed E-state index contributed by atoms with van der Waals surface area (Å²) in [5.74, 6) is 3.10. The van der Waals surface area contributed by atoms with Gasteiger partial charge in [-0.1, -0.05) is 13.8 Å². The third-order valence-corrected chi connectivity index (χ3v) is 2.93. The molecule has 0 bridgehead atoms. The van der Waals surface area contributed by atoms with Gasteiger partial charge in [-0.3, -0.25) is 0 Å². The summed E-state index contributed by atoms with van der Waals surface area (Å²) in [5.41, 5.74) is 1.00. The molecule has 2 rings (SSSR count). The van der Waals surface area contributed by atoms with Gasteiger partial charge < -0.3 is 9.88 Å². The lowest BCUT2D eigenvalue weighted by atomic mass is 10.2. The molecule has 0 spiro atoms. The fourth-order valence-electron chi connectivity index (χ4n) is 1.87. The molecule has 5 nitrogen and oxygen atoms in total. The van der Waals surface area contributed by atoms with Crippen molar-refractivity contribution in [2.24, 2.45) is 7.05 Å². The van der Waals surface area contributed by atoms with Gasteiger partial charge in [0, 0.05) is 44.4 Å². The molecule has 0 radical (unpaired) electrons. The van der Waals surface area contributed by atoms with Crippen molar-refractivity contribution >= 4 is 5.82 Å². The molecule has 0 amide bonds. The van der Waals surface area contributed by atoms with Gasteiger partial charge in [-0.2, -0.15) is 0 Å². The van der Waals surface area contributed by atoms with Crippen molar-refractivity contribution < 1.29 is 0 Å². The van der Waals surface area contributed by atoms with E-state index >= 15 is 0 Å². The lowest BCUT2D eigenvalue weighted by molar-refractivity contribution is 0.749. The molecule has 0 atom stereocenters. The van der Waals surface area contributed by atoms with E-state index in [9.17, 15) is 0 Å². The van der Waals surface area contributed by atoms with E-state index in [1.165, 1.54) is 0 Å². The lowest BCUT2D eigenvalue weighted by Gasteiger charge is -2.11. The molecular weight excluding hydrogens is 238 g/mol. The predicted octanol–water partition coefficient (Wildman–Crippen LogP) is 2.36. The summed E-state index contributed by atoms with van der Waals surface area (Å²) in [7, 11) is 2.00. The standard InChI is InChI=1S/C14H21N5/c1-5-15-12-8-11(17-14(18-12)10(2)3)9-13-16-6-7-19(13)4/h6-8,10H,5,9H2,1-4H3,(H,15,17,18). The van der Waals surface area contributed by atoms with Crippen LogP contribution in [-0.4, -0.2) is 26.1 Å². The highest BCUT2D eigenvalue weighted by atomic mass is 15.0. The predicted molar refractivity (Wildman–Crippen MR) is 76.3 cm³/mol. The van der Waals surface area contributed by atoms with Crippen molar-refractivity contribution in [1.29, 1.82) is 0 Å². The second-order valence-electron chi connectivity index (χ2n) is 4.92. The summed E-state index contributed by atoms with van der Waals surface area (Å²) in [5, 5.41) is 3.26. The summed E-state index contributed by atoms with van der Waals surface area (Å²) in [4.78, 5) is 13.5. The Morgan fingerprint density at radius 3 is 2.68 bits per heavy atom. The van der Waals surface area contributed by atoms with Crippen LogP contribution in [0.25, 0.3) is 0 Å². The monoisotopic (exact) mass is 259 g/mol. The van der Waals surface area contributed by atoms with Crippen molar-refractivity contribution in [3.63, 3.8) is 0 Å². The first-order valence-electron chi connectivity index (χ1n) is 6.68. The number of hydrogen-bond acceptors (Lipinski definition) is 4. The van der Waals surface area contributed by atoms with Crippen LogP contribution in [0.3, 0.4) is 0 Å². The molecule has 2 aromatic heterocycles. The Labute approximate surface area is 114 Å². The number of nitrogens with one attached hydrogen (secondary N) is 1. The van der Waals surface area contributed by atoms with E-state index in [-0.39, 0.29) is 0 Å². The third-order valence-electron chi connectivity index (χ3n) is 2.93. The molecule has 0 aliphatic rings. The van der Waals surface area contributed by atoms with Crippen molar-refractivity contribution in [2.45, 2.75) is 33.1 Å². The number of hydrogen-bond donors (Lipinski definition) is 1. The molecule has 0 aliphatic heterocycles. The van der Waals surface area contributed by atoms with Gasteiger partial charge in [-0.05, 0) is 6.92 Å². The highest BCUT2D eigenvalue weighted by Gasteiger charge is 2.10. The van der Waals surface area contributed by atoms with Crippen molar-refractivity contribution in [3.8, 4) is 0 Å². The number of anilines is 1. The average Bonchev–Trinajstić information content (AvgIpc) is 2.75. The van der Waals surface area contributed by atoms with Crippen molar-refractivity contribution in [1.82, 2.24) is 19.5 Å². The highest BCUT2D eigenvalue weighted by molar-refractivity contribution is 5.37. The van der Waals surface area contributed by atoms with E-state index < -0.39 is 0 Å². The summed E-state index contributed by atoms with van der Waals surface area (Å²) in [6.45, 7) is 7.14. The summed E-state index contributed by atoms with van der Waals surface area (Å²) >= 11 is 0. The maximum Gasteiger partial charge on any atom is 0.133 e. The fourth-order valence-corrected chi connectivity index (χ4v) is 1.87. The highest BCUT2D eigenvalue weighted by Crippen LogP contribution is 2.15. The third kappa shape index (κ3) is 3.30. The van der Waals surface area contributed by atoms with Gasteiger partial charge in [-0.25, -0.2) is 15.0 Å². The zero-order valence-electron chi connectivity index (χ0n) is 12.0. The molecule has 0 unspecified atom stereocenters. The molecule has 2 aromatic rings. The number of nitrogens with zero attached hydrogens (tertiary/aromatic N) is 4. The van der Waals surface area contributed by atoms with Gasteiger partial charge in [-0.15, -0.1) is 0 Å². The molecule has 2 heterocycles. The molecule has 5 heteroatoms. The minimum Gasteiger partial charge on any atom is -0.370 e. The Kier molecular flexibility index (Phi) is 4.14. The summed E-state index contributed by atoms with van der Waals surface area (Å²) < 4.78 is 2.02. The molecule has 0 saturated carbocycles. The first kappa shape index (κ1) is 13.5. The molecule has 102 valence electrons. The van der Waals surface area contributed by atoms with Gasteiger partial charge in [0.15, 0.2) is 0 Å². The Bertz CT molecular complexity index is 545. The smallest absolute Gasteiger partial charge is 0.133 e. The largest absolute Gasteiger partial charge is 0.370 e. The molecule has 0 fully saturated rings. The summed E-state index contributed by atoms with van der Waals surface area (Å²) in [6, 6.07) is 2.00. The molecule has 0 aromatic carbocycles. The van der Waals surface area contributed by atoms with E-state index in [1.807, 2.05) is 30.1 Å². The van der Waals surface area contributed by atoms with Crippen LogP contribution in [0.4, 0.5) is 5.82 Å². The van der Waals surface area contributed by atoms with Crippen LogP contribution < -0.4 is 5.32 Å². The minimum atomic E-state index is 0.318.